The van der Waals surface area contributed by atoms with Gasteiger partial charge >= 0.3 is 0 Å². The Balaban J connectivity index is 2.32. The van der Waals surface area contributed by atoms with E-state index in [-0.39, 0.29) is 16.6 Å². The van der Waals surface area contributed by atoms with Crippen LogP contribution in [-0.4, -0.2) is 16.2 Å². The van der Waals surface area contributed by atoms with Crippen LogP contribution in [0.4, 0.5) is 8.78 Å². The molecule has 0 aliphatic heterocycles. The maximum Gasteiger partial charge on any atom is 0.236 e. The zero-order valence-electron chi connectivity index (χ0n) is 12.1. The van der Waals surface area contributed by atoms with Gasteiger partial charge in [0.05, 0.1) is 6.20 Å². The van der Waals surface area contributed by atoms with Crippen molar-refractivity contribution < 1.29 is 13.6 Å². The van der Waals surface area contributed by atoms with E-state index in [0.717, 1.165) is 16.8 Å². The summed E-state index contributed by atoms with van der Waals surface area (Å²) >= 11 is 5.88. The fourth-order valence-corrected chi connectivity index (χ4v) is 2.48. The third-order valence-corrected chi connectivity index (χ3v) is 3.76. The van der Waals surface area contributed by atoms with Gasteiger partial charge in [-0.3, -0.25) is 10.2 Å². The minimum absolute atomic E-state index is 0.233. The van der Waals surface area contributed by atoms with Crippen LogP contribution in [0, 0.1) is 17.0 Å². The minimum atomic E-state index is -1.04. The second kappa shape index (κ2) is 6.33. The van der Waals surface area contributed by atoms with Crippen LogP contribution in [-0.2, 0) is 4.79 Å². The van der Waals surface area contributed by atoms with Gasteiger partial charge in [0.15, 0.2) is 17.1 Å². The molecule has 3 rings (SSSR count). The van der Waals surface area contributed by atoms with Gasteiger partial charge < -0.3 is 0 Å². The van der Waals surface area contributed by atoms with Crippen molar-refractivity contribution in [3.05, 3.63) is 70.8 Å². The smallest absolute Gasteiger partial charge is 0.236 e. The minimum Gasteiger partial charge on any atom is -0.282 e. The van der Waals surface area contributed by atoms with E-state index in [4.69, 9.17) is 17.0 Å². The van der Waals surface area contributed by atoms with Gasteiger partial charge in [-0.15, -0.1) is 0 Å². The largest absolute Gasteiger partial charge is 0.282 e. The molecule has 1 N–H and O–H groups in total. The lowest BCUT2D eigenvalue weighted by Crippen LogP contribution is -2.24. The predicted molar refractivity (Wildman–Crippen MR) is 86.0 cm³/mol. The van der Waals surface area contributed by atoms with Crippen LogP contribution < -0.4 is 5.49 Å². The van der Waals surface area contributed by atoms with Gasteiger partial charge in [-0.1, -0.05) is 29.8 Å². The van der Waals surface area contributed by atoms with Crippen molar-refractivity contribution in [2.24, 2.45) is 0 Å². The van der Waals surface area contributed by atoms with E-state index in [1.807, 2.05) is 0 Å². The van der Waals surface area contributed by atoms with Crippen LogP contribution in [0.1, 0.15) is 0 Å². The molecular weight excluding hydrogens is 336 g/mol. The molecule has 24 heavy (non-hydrogen) atoms. The molecule has 120 valence electrons. The van der Waals surface area contributed by atoms with Crippen molar-refractivity contribution in [1.82, 2.24) is 9.78 Å². The summed E-state index contributed by atoms with van der Waals surface area (Å²) in [5.41, 5.74) is 1.47. The van der Waals surface area contributed by atoms with Crippen LogP contribution >= 0.6 is 11.6 Å². The molecule has 0 unspecified atom stereocenters. The molecular formula is C17H10ClF2N3O. The number of rotatable bonds is 3. The van der Waals surface area contributed by atoms with Crippen LogP contribution in [0.15, 0.2) is 48.7 Å². The van der Waals surface area contributed by atoms with E-state index >= 15 is 0 Å². The standard InChI is InChI=1S/C17H10ClF2N3O/c18-12-4-1-10(2-5-12)13-8-22-23(9-24)17(21)16(13)11-3-6-14(19)15(20)7-11/h1-9,21H. The molecule has 0 spiro atoms. The molecule has 0 aliphatic rings. The SMILES string of the molecule is N=c1c(-c2ccc(F)c(F)c2)c(-c2ccc(Cl)cc2)cnn1C=O. The zero-order valence-corrected chi connectivity index (χ0v) is 12.9. The zero-order chi connectivity index (χ0) is 17.3. The molecule has 0 atom stereocenters. The summed E-state index contributed by atoms with van der Waals surface area (Å²) in [5, 5.41) is 12.6. The topological polar surface area (TPSA) is 58.7 Å². The molecule has 0 saturated heterocycles. The van der Waals surface area contributed by atoms with E-state index in [0.29, 0.717) is 22.6 Å². The number of benzene rings is 2. The molecule has 1 aromatic heterocycles. The Bertz CT molecular complexity index is 984. The number of hydrogen-bond acceptors (Lipinski definition) is 3. The van der Waals surface area contributed by atoms with Gasteiger partial charge in [0.25, 0.3) is 0 Å². The molecule has 0 bridgehead atoms. The summed E-state index contributed by atoms with van der Waals surface area (Å²) in [6.45, 7) is 0. The highest BCUT2D eigenvalue weighted by Crippen LogP contribution is 2.30. The molecule has 3 aromatic rings. The van der Waals surface area contributed by atoms with E-state index < -0.39 is 11.6 Å². The second-order valence-electron chi connectivity index (χ2n) is 4.97. The van der Waals surface area contributed by atoms with Crippen LogP contribution in [0.3, 0.4) is 0 Å². The lowest BCUT2D eigenvalue weighted by Gasteiger charge is -2.12. The monoisotopic (exact) mass is 345 g/mol. The maximum absolute atomic E-state index is 13.6. The van der Waals surface area contributed by atoms with Gasteiger partial charge in [-0.25, -0.2) is 8.78 Å². The molecule has 0 fully saturated rings. The fourth-order valence-electron chi connectivity index (χ4n) is 2.36. The molecule has 0 radical (unpaired) electrons. The normalized spacial score (nSPS) is 10.6. The molecule has 0 saturated carbocycles. The average Bonchev–Trinajstić information content (AvgIpc) is 2.58. The van der Waals surface area contributed by atoms with Gasteiger partial charge in [-0.05, 0) is 35.4 Å². The highest BCUT2D eigenvalue weighted by Gasteiger charge is 2.15. The molecule has 2 aromatic carbocycles. The number of aromatic nitrogens is 2. The summed E-state index contributed by atoms with van der Waals surface area (Å²) in [6, 6.07) is 10.1. The Morgan fingerprint density at radius 1 is 1.04 bits per heavy atom. The van der Waals surface area contributed by atoms with Gasteiger partial charge in [0.1, 0.15) is 0 Å². The number of carbonyl (C=O) groups is 1. The predicted octanol–water partition coefficient (Wildman–Crippen LogP) is 3.67. The first-order chi connectivity index (χ1) is 11.5. The lowest BCUT2D eigenvalue weighted by molar-refractivity contribution is 0.509. The Morgan fingerprint density at radius 3 is 2.33 bits per heavy atom. The van der Waals surface area contributed by atoms with Crippen molar-refractivity contribution in [3.63, 3.8) is 0 Å². The first kappa shape index (κ1) is 16.0. The fraction of sp³-hybridized carbons (Fsp3) is 0. The Hall–Kier alpha value is -2.86. The van der Waals surface area contributed by atoms with Crippen LogP contribution in [0.5, 0.6) is 0 Å². The molecule has 1 heterocycles. The van der Waals surface area contributed by atoms with Crippen LogP contribution in [0.25, 0.3) is 22.3 Å². The molecule has 7 heteroatoms. The van der Waals surface area contributed by atoms with Crippen molar-refractivity contribution in [2.75, 3.05) is 0 Å². The third kappa shape index (κ3) is 2.83. The average molecular weight is 346 g/mol. The number of hydrogen-bond donors (Lipinski definition) is 1. The second-order valence-corrected chi connectivity index (χ2v) is 5.40. The summed E-state index contributed by atoms with van der Waals surface area (Å²) in [7, 11) is 0. The van der Waals surface area contributed by atoms with Crippen molar-refractivity contribution >= 4 is 18.0 Å². The van der Waals surface area contributed by atoms with Gasteiger partial charge in [0, 0.05) is 16.1 Å². The van der Waals surface area contributed by atoms with Gasteiger partial charge in [-0.2, -0.15) is 9.78 Å². The number of carbonyl (C=O) groups excluding carboxylic acids is 1. The van der Waals surface area contributed by atoms with Gasteiger partial charge in [0.2, 0.25) is 6.41 Å². The van der Waals surface area contributed by atoms with E-state index in [1.165, 1.54) is 12.3 Å². The number of halogens is 3. The number of nitrogens with zero attached hydrogens (tertiary/aromatic N) is 2. The van der Waals surface area contributed by atoms with Crippen molar-refractivity contribution in [2.45, 2.75) is 0 Å². The Labute approximate surface area is 140 Å². The maximum atomic E-state index is 13.6. The van der Waals surface area contributed by atoms with E-state index in [9.17, 15) is 13.6 Å². The van der Waals surface area contributed by atoms with Crippen molar-refractivity contribution in [3.8, 4) is 22.3 Å². The quantitative estimate of drug-likeness (QED) is 0.736. The van der Waals surface area contributed by atoms with Crippen molar-refractivity contribution in [1.29, 1.82) is 5.41 Å². The highest BCUT2D eigenvalue weighted by atomic mass is 35.5. The molecule has 0 aliphatic carbocycles. The first-order valence-electron chi connectivity index (χ1n) is 6.84. The lowest BCUT2D eigenvalue weighted by atomic mass is 9.97. The Kier molecular flexibility index (Phi) is 4.22. The van der Waals surface area contributed by atoms with Crippen LogP contribution in [0.2, 0.25) is 5.02 Å². The van der Waals surface area contributed by atoms with E-state index in [2.05, 4.69) is 5.10 Å². The summed E-state index contributed by atoms with van der Waals surface area (Å²) in [5.74, 6) is -2.03. The number of nitrogens with one attached hydrogen (secondary N) is 1. The third-order valence-electron chi connectivity index (χ3n) is 3.51. The highest BCUT2D eigenvalue weighted by molar-refractivity contribution is 6.30. The summed E-state index contributed by atoms with van der Waals surface area (Å²) in [4.78, 5) is 11.1. The summed E-state index contributed by atoms with van der Waals surface area (Å²) < 4.78 is 27.7. The molecule has 0 amide bonds. The first-order valence-corrected chi connectivity index (χ1v) is 7.22. The summed E-state index contributed by atoms with van der Waals surface area (Å²) in [6.07, 6.45) is 1.77. The van der Waals surface area contributed by atoms with E-state index in [1.54, 1.807) is 24.3 Å². The Morgan fingerprint density at radius 2 is 1.71 bits per heavy atom. The molecule has 4 nitrogen and oxygen atoms in total.